The van der Waals surface area contributed by atoms with E-state index >= 15 is 0 Å². The van der Waals surface area contributed by atoms with Crippen molar-refractivity contribution < 1.29 is 0 Å². The second-order valence-electron chi connectivity index (χ2n) is 17.6. The van der Waals surface area contributed by atoms with Crippen LogP contribution in [0.2, 0.25) is 0 Å². The molecular weight excluding hydrogens is 745 g/mol. The Bertz CT molecular complexity index is 2400. The average molecular weight is 813 g/mol. The summed E-state index contributed by atoms with van der Waals surface area (Å²) in [5, 5.41) is 0. The molecule has 0 aliphatic carbocycles. The van der Waals surface area contributed by atoms with Gasteiger partial charge in [0.15, 0.2) is 0 Å². The van der Waals surface area contributed by atoms with Crippen LogP contribution < -0.4 is 0 Å². The Morgan fingerprint density at radius 2 is 0.565 bits per heavy atom. The molecule has 0 heterocycles. The zero-order valence-corrected chi connectivity index (χ0v) is 38.5. The predicted molar refractivity (Wildman–Crippen MR) is 273 cm³/mol. The molecule has 0 saturated carbocycles. The van der Waals surface area contributed by atoms with Gasteiger partial charge in [-0.05, 0) is 103 Å². The van der Waals surface area contributed by atoms with Gasteiger partial charge >= 0.3 is 0 Å². The molecule has 0 amide bonds. The van der Waals surface area contributed by atoms with Gasteiger partial charge in [0.05, 0.1) is 0 Å². The first-order valence-corrected chi connectivity index (χ1v) is 22.6. The lowest BCUT2D eigenvalue weighted by molar-refractivity contribution is 0.647. The number of benzene rings is 8. The molecule has 0 fully saturated rings. The fourth-order valence-corrected chi connectivity index (χ4v) is 7.31. The van der Waals surface area contributed by atoms with Crippen LogP contribution in [0.1, 0.15) is 89.5 Å². The van der Waals surface area contributed by atoms with Crippen molar-refractivity contribution in [3.8, 4) is 44.5 Å². The van der Waals surface area contributed by atoms with Gasteiger partial charge in [-0.25, -0.2) is 0 Å². The largest absolute Gasteiger partial charge is 0.0625 e. The molecule has 0 radical (unpaired) electrons. The third-order valence-corrected chi connectivity index (χ3v) is 10.7. The predicted octanol–water partition coefficient (Wildman–Crippen LogP) is 18.1. The smallest absolute Gasteiger partial charge is 0.0181 e. The molecule has 0 aliphatic heterocycles. The zero-order valence-electron chi connectivity index (χ0n) is 38.5. The molecule has 0 spiro atoms. The van der Waals surface area contributed by atoms with Crippen molar-refractivity contribution in [3.63, 3.8) is 0 Å². The van der Waals surface area contributed by atoms with E-state index in [0.29, 0.717) is 17.8 Å². The van der Waals surface area contributed by atoms with Crippen molar-refractivity contribution in [3.05, 3.63) is 241 Å². The molecule has 0 heteroatoms. The van der Waals surface area contributed by atoms with Crippen molar-refractivity contribution in [2.24, 2.45) is 11.8 Å². The molecule has 0 bridgehead atoms. The van der Waals surface area contributed by atoms with Gasteiger partial charge < -0.3 is 0 Å². The second kappa shape index (κ2) is 24.9. The van der Waals surface area contributed by atoms with E-state index in [1.54, 1.807) is 0 Å². The van der Waals surface area contributed by atoms with Gasteiger partial charge in [-0.15, -0.1) is 0 Å². The van der Waals surface area contributed by atoms with Gasteiger partial charge in [-0.2, -0.15) is 0 Å². The van der Waals surface area contributed by atoms with Crippen molar-refractivity contribution in [1.29, 1.82) is 0 Å². The third-order valence-electron chi connectivity index (χ3n) is 10.7. The molecule has 0 aliphatic rings. The molecule has 62 heavy (non-hydrogen) atoms. The van der Waals surface area contributed by atoms with Crippen molar-refractivity contribution in [2.75, 3.05) is 0 Å². The number of rotatable bonds is 10. The minimum atomic E-state index is 0.591. The lowest BCUT2D eigenvalue weighted by Crippen LogP contribution is -1.93. The van der Waals surface area contributed by atoms with Crippen LogP contribution in [0, 0.1) is 11.8 Å². The highest BCUT2D eigenvalue weighted by molar-refractivity contribution is 5.66. The van der Waals surface area contributed by atoms with E-state index in [1.807, 2.05) is 6.07 Å². The Morgan fingerprint density at radius 1 is 0.242 bits per heavy atom. The minimum Gasteiger partial charge on any atom is -0.0625 e. The van der Waals surface area contributed by atoms with Crippen LogP contribution in [0.25, 0.3) is 44.5 Å². The Balaban J connectivity index is 0.000000156. The zero-order chi connectivity index (χ0) is 44.1. The molecule has 8 rings (SSSR count). The summed E-state index contributed by atoms with van der Waals surface area (Å²) in [5.74, 6) is 2.64. The van der Waals surface area contributed by atoms with E-state index in [2.05, 4.69) is 268 Å². The molecule has 0 aromatic heterocycles. The monoisotopic (exact) mass is 813 g/mol. The van der Waals surface area contributed by atoms with Crippen molar-refractivity contribution in [2.45, 2.75) is 80.1 Å². The summed E-state index contributed by atoms with van der Waals surface area (Å²) < 4.78 is 0. The molecule has 0 atom stereocenters. The van der Waals surface area contributed by atoms with E-state index in [4.69, 9.17) is 0 Å². The van der Waals surface area contributed by atoms with Gasteiger partial charge in [0.1, 0.15) is 0 Å². The van der Waals surface area contributed by atoms with Gasteiger partial charge in [0.25, 0.3) is 0 Å². The van der Waals surface area contributed by atoms with Crippen LogP contribution in [0.4, 0.5) is 0 Å². The van der Waals surface area contributed by atoms with Gasteiger partial charge in [0.2, 0.25) is 0 Å². The summed E-state index contributed by atoms with van der Waals surface area (Å²) in [7, 11) is 0. The Morgan fingerprint density at radius 3 is 0.968 bits per heavy atom. The maximum atomic E-state index is 2.30. The third kappa shape index (κ3) is 15.7. The molecule has 0 saturated heterocycles. The SMILES string of the molecule is CC(C)Cc1ccc(-c2ccccc2)cc1.CC(C)Cc1cccc(-c2ccccc2)c1.CC(C)c1ccc(-c2ccccc2)cc1.CC(C)c1cccc(-c2ccccc2)c1. The van der Waals surface area contributed by atoms with Gasteiger partial charge in [0, 0.05) is 0 Å². The van der Waals surface area contributed by atoms with Crippen LogP contribution >= 0.6 is 0 Å². The minimum absolute atomic E-state index is 0.591. The van der Waals surface area contributed by atoms with E-state index in [1.165, 1.54) is 66.8 Å². The highest BCUT2D eigenvalue weighted by Crippen LogP contribution is 2.25. The average Bonchev–Trinajstić information content (AvgIpc) is 3.31. The van der Waals surface area contributed by atoms with Crippen molar-refractivity contribution in [1.82, 2.24) is 0 Å². The normalized spacial score (nSPS) is 10.6. The summed E-state index contributed by atoms with van der Waals surface area (Å²) in [6.45, 7) is 17.9. The van der Waals surface area contributed by atoms with Crippen LogP contribution in [0.15, 0.2) is 218 Å². The van der Waals surface area contributed by atoms with Gasteiger partial charge in [-0.1, -0.05) is 274 Å². The summed E-state index contributed by atoms with van der Waals surface area (Å²) in [4.78, 5) is 0. The van der Waals surface area contributed by atoms with Crippen molar-refractivity contribution >= 4 is 0 Å². The van der Waals surface area contributed by atoms with Crippen LogP contribution in [0.3, 0.4) is 0 Å². The summed E-state index contributed by atoms with van der Waals surface area (Å²) >= 11 is 0. The first-order chi connectivity index (χ1) is 30.0. The highest BCUT2D eigenvalue weighted by Gasteiger charge is 2.04. The first-order valence-electron chi connectivity index (χ1n) is 22.6. The molecule has 0 nitrogen and oxygen atoms in total. The Kier molecular flexibility index (Phi) is 18.8. The quantitative estimate of drug-likeness (QED) is 0.129. The summed E-state index contributed by atoms with van der Waals surface area (Å²) in [6, 6.07) is 77.4. The number of hydrogen-bond acceptors (Lipinski definition) is 0. The molecular formula is C62H68. The fourth-order valence-electron chi connectivity index (χ4n) is 7.31. The van der Waals surface area contributed by atoms with E-state index in [0.717, 1.165) is 18.8 Å². The van der Waals surface area contributed by atoms with E-state index < -0.39 is 0 Å². The molecule has 0 unspecified atom stereocenters. The topological polar surface area (TPSA) is 0 Å². The van der Waals surface area contributed by atoms with Crippen LogP contribution in [-0.2, 0) is 12.8 Å². The number of hydrogen-bond donors (Lipinski definition) is 0. The Hall–Kier alpha value is -6.24. The standard InChI is InChI=1S/2C16H18.2C15H16/c1-13(2)11-14-7-6-10-16(12-14)15-8-4-3-5-9-15;1-13(2)12-14-8-10-16(11-9-14)15-6-4-3-5-7-15;1-12(2)14-9-6-10-15(11-14)13-7-4-3-5-8-13;1-12(2)13-8-10-15(11-9-13)14-6-4-3-5-7-14/h3-10,12-13H,11H2,1-2H3;3-11,13H,12H2,1-2H3;2*3-12H,1-2H3. The molecule has 8 aromatic rings. The second-order valence-corrected chi connectivity index (χ2v) is 17.6. The first kappa shape index (κ1) is 46.8. The lowest BCUT2D eigenvalue weighted by atomic mass is 9.98. The highest BCUT2D eigenvalue weighted by atomic mass is 14.1. The van der Waals surface area contributed by atoms with Crippen LogP contribution in [-0.4, -0.2) is 0 Å². The molecule has 316 valence electrons. The van der Waals surface area contributed by atoms with E-state index in [9.17, 15) is 0 Å². The summed E-state index contributed by atoms with van der Waals surface area (Å²) in [5.41, 5.74) is 16.0. The maximum absolute atomic E-state index is 2.30. The lowest BCUT2D eigenvalue weighted by Gasteiger charge is -2.08. The van der Waals surface area contributed by atoms with Gasteiger partial charge in [-0.3, -0.25) is 0 Å². The molecule has 0 N–H and O–H groups in total. The van der Waals surface area contributed by atoms with Crippen LogP contribution in [0.5, 0.6) is 0 Å². The van der Waals surface area contributed by atoms with E-state index in [-0.39, 0.29) is 0 Å². The fraction of sp³-hybridized carbons (Fsp3) is 0.226. The summed E-state index contributed by atoms with van der Waals surface area (Å²) in [6.07, 6.45) is 2.32. The maximum Gasteiger partial charge on any atom is -0.0181 e. The molecule has 8 aromatic carbocycles. The Labute approximate surface area is 375 Å².